The molecule has 0 aromatic carbocycles. The summed E-state index contributed by atoms with van der Waals surface area (Å²) in [7, 11) is 1.69. The fraction of sp³-hybridized carbons (Fsp3) is 0.800. The van der Waals surface area contributed by atoms with E-state index in [1.807, 2.05) is 0 Å². The number of hydrogen-bond acceptors (Lipinski definition) is 4. The number of methoxy groups -OCH3 is 1. The van der Waals surface area contributed by atoms with Gasteiger partial charge in [0, 0.05) is 20.1 Å². The van der Waals surface area contributed by atoms with Gasteiger partial charge in [-0.2, -0.15) is 5.10 Å². The van der Waals surface area contributed by atoms with Crippen molar-refractivity contribution in [1.29, 1.82) is 0 Å². The molecule has 1 heterocycles. The molecule has 3 N–H and O–H groups in total. The van der Waals surface area contributed by atoms with E-state index in [-0.39, 0.29) is 6.04 Å². The summed E-state index contributed by atoms with van der Waals surface area (Å²) in [4.78, 5) is 4.35. The smallest absolute Gasteiger partial charge is 0.167 e. The van der Waals surface area contributed by atoms with E-state index < -0.39 is 0 Å². The van der Waals surface area contributed by atoms with Crippen LogP contribution in [-0.2, 0) is 11.2 Å². The predicted octanol–water partition coefficient (Wildman–Crippen LogP) is 1.18. The molecule has 5 nitrogen and oxygen atoms in total. The number of rotatable bonds is 7. The highest BCUT2D eigenvalue weighted by molar-refractivity contribution is 4.95. The van der Waals surface area contributed by atoms with E-state index in [9.17, 15) is 0 Å². The molecule has 15 heavy (non-hydrogen) atoms. The average Bonchev–Trinajstić information content (AvgIpc) is 2.67. The number of aromatic amines is 1. The first-order valence-corrected chi connectivity index (χ1v) is 5.43. The Kier molecular flexibility index (Phi) is 5.28. The minimum atomic E-state index is -0.0815. The maximum atomic E-state index is 5.94. The molecule has 1 aromatic rings. The molecule has 1 atom stereocenters. The van der Waals surface area contributed by atoms with Gasteiger partial charge in [-0.05, 0) is 19.3 Å². The van der Waals surface area contributed by atoms with Crippen LogP contribution >= 0.6 is 0 Å². The summed E-state index contributed by atoms with van der Waals surface area (Å²) in [6.07, 6.45) is 3.79. The zero-order valence-corrected chi connectivity index (χ0v) is 9.49. The number of ether oxygens (including phenoxy) is 1. The number of nitrogens with two attached hydrogens (primary N) is 1. The van der Waals surface area contributed by atoms with Gasteiger partial charge in [-0.1, -0.05) is 6.92 Å². The van der Waals surface area contributed by atoms with Crippen LogP contribution in [0.15, 0.2) is 0 Å². The maximum Gasteiger partial charge on any atom is 0.167 e. The van der Waals surface area contributed by atoms with Crippen molar-refractivity contribution >= 4 is 0 Å². The van der Waals surface area contributed by atoms with Crippen molar-refractivity contribution in [3.63, 3.8) is 0 Å². The van der Waals surface area contributed by atoms with Gasteiger partial charge < -0.3 is 10.5 Å². The quantitative estimate of drug-likeness (QED) is 0.665. The van der Waals surface area contributed by atoms with Crippen LogP contribution in [0.1, 0.15) is 43.9 Å². The lowest BCUT2D eigenvalue weighted by molar-refractivity contribution is 0.190. The molecule has 0 saturated carbocycles. The molecule has 86 valence electrons. The van der Waals surface area contributed by atoms with Gasteiger partial charge in [0.25, 0.3) is 0 Å². The van der Waals surface area contributed by atoms with Gasteiger partial charge in [-0.3, -0.25) is 5.10 Å². The van der Waals surface area contributed by atoms with Crippen LogP contribution in [0.25, 0.3) is 0 Å². The Morgan fingerprint density at radius 3 is 3.00 bits per heavy atom. The fourth-order valence-corrected chi connectivity index (χ4v) is 1.40. The third kappa shape index (κ3) is 3.97. The largest absolute Gasteiger partial charge is 0.385 e. The van der Waals surface area contributed by atoms with Gasteiger partial charge in [0.15, 0.2) is 5.82 Å². The van der Waals surface area contributed by atoms with Crippen molar-refractivity contribution in [2.75, 3.05) is 13.7 Å². The lowest BCUT2D eigenvalue weighted by atomic mass is 10.1. The van der Waals surface area contributed by atoms with Crippen LogP contribution in [0.4, 0.5) is 0 Å². The summed E-state index contributed by atoms with van der Waals surface area (Å²) < 4.78 is 4.97. The topological polar surface area (TPSA) is 76.8 Å². The average molecular weight is 212 g/mol. The van der Waals surface area contributed by atoms with Crippen LogP contribution in [0.3, 0.4) is 0 Å². The third-order valence-corrected chi connectivity index (χ3v) is 2.23. The first kappa shape index (κ1) is 12.1. The Morgan fingerprint density at radius 1 is 1.53 bits per heavy atom. The summed E-state index contributed by atoms with van der Waals surface area (Å²) in [6, 6.07) is -0.0815. The Labute approximate surface area is 90.4 Å². The predicted molar refractivity (Wildman–Crippen MR) is 58.4 cm³/mol. The normalized spacial score (nSPS) is 13.0. The van der Waals surface area contributed by atoms with Gasteiger partial charge in [-0.15, -0.1) is 0 Å². The zero-order chi connectivity index (χ0) is 11.1. The molecular formula is C10H20N4O. The van der Waals surface area contributed by atoms with E-state index in [2.05, 4.69) is 22.1 Å². The van der Waals surface area contributed by atoms with Crippen LogP contribution in [0, 0.1) is 0 Å². The van der Waals surface area contributed by atoms with Gasteiger partial charge in [0.2, 0.25) is 0 Å². The van der Waals surface area contributed by atoms with Gasteiger partial charge in [0.05, 0.1) is 6.04 Å². The summed E-state index contributed by atoms with van der Waals surface area (Å²) in [5.41, 5.74) is 5.94. The second-order valence-electron chi connectivity index (χ2n) is 3.63. The molecule has 0 bridgehead atoms. The third-order valence-electron chi connectivity index (χ3n) is 2.23. The van der Waals surface area contributed by atoms with E-state index in [0.29, 0.717) is 0 Å². The molecule has 0 radical (unpaired) electrons. The molecular weight excluding hydrogens is 192 g/mol. The van der Waals surface area contributed by atoms with E-state index in [0.717, 1.165) is 43.9 Å². The molecule has 5 heteroatoms. The lowest BCUT2D eigenvalue weighted by Crippen LogP contribution is -2.13. The standard InChI is InChI=1S/C10H20N4O/c1-3-5-9-12-10(14-13-9)8(11)6-4-7-15-2/h8H,3-7,11H2,1-2H3,(H,12,13,14). The van der Waals surface area contributed by atoms with Gasteiger partial charge in [-0.25, -0.2) is 4.98 Å². The summed E-state index contributed by atoms with van der Waals surface area (Å²) in [6.45, 7) is 2.85. The number of aromatic nitrogens is 3. The van der Waals surface area contributed by atoms with Crippen molar-refractivity contribution in [2.24, 2.45) is 5.73 Å². The Hall–Kier alpha value is -0.940. The number of hydrogen-bond donors (Lipinski definition) is 2. The Morgan fingerprint density at radius 2 is 2.33 bits per heavy atom. The fourth-order valence-electron chi connectivity index (χ4n) is 1.40. The number of H-pyrrole nitrogens is 1. The summed E-state index contributed by atoms with van der Waals surface area (Å²) in [5.74, 6) is 1.64. The second-order valence-corrected chi connectivity index (χ2v) is 3.63. The summed E-state index contributed by atoms with van der Waals surface area (Å²) >= 11 is 0. The minimum absolute atomic E-state index is 0.0815. The van der Waals surface area contributed by atoms with Gasteiger partial charge >= 0.3 is 0 Å². The van der Waals surface area contributed by atoms with E-state index in [1.165, 1.54) is 0 Å². The first-order chi connectivity index (χ1) is 7.27. The highest BCUT2D eigenvalue weighted by atomic mass is 16.5. The van der Waals surface area contributed by atoms with Crippen molar-refractivity contribution in [3.8, 4) is 0 Å². The van der Waals surface area contributed by atoms with E-state index in [4.69, 9.17) is 10.5 Å². The van der Waals surface area contributed by atoms with E-state index >= 15 is 0 Å². The first-order valence-electron chi connectivity index (χ1n) is 5.43. The zero-order valence-electron chi connectivity index (χ0n) is 9.49. The second kappa shape index (κ2) is 6.53. The van der Waals surface area contributed by atoms with Crippen LogP contribution in [-0.4, -0.2) is 28.9 Å². The van der Waals surface area contributed by atoms with Gasteiger partial charge in [0.1, 0.15) is 5.82 Å². The lowest BCUT2D eigenvalue weighted by Gasteiger charge is -2.05. The highest BCUT2D eigenvalue weighted by Gasteiger charge is 2.11. The molecule has 0 saturated heterocycles. The Balaban J connectivity index is 2.39. The SMILES string of the molecule is CCCc1nc(C(N)CCCOC)n[nH]1. The molecule has 0 amide bonds. The molecule has 1 aromatic heterocycles. The summed E-state index contributed by atoms with van der Waals surface area (Å²) in [5, 5.41) is 7.02. The van der Waals surface area contributed by atoms with Crippen molar-refractivity contribution in [2.45, 2.75) is 38.6 Å². The molecule has 0 aliphatic rings. The van der Waals surface area contributed by atoms with Crippen molar-refractivity contribution in [1.82, 2.24) is 15.2 Å². The number of nitrogens with one attached hydrogen (secondary N) is 1. The molecule has 0 aliphatic heterocycles. The number of nitrogens with zero attached hydrogens (tertiary/aromatic N) is 2. The minimum Gasteiger partial charge on any atom is -0.385 e. The highest BCUT2D eigenvalue weighted by Crippen LogP contribution is 2.11. The molecule has 0 fully saturated rings. The van der Waals surface area contributed by atoms with Crippen molar-refractivity contribution in [3.05, 3.63) is 11.6 Å². The maximum absolute atomic E-state index is 5.94. The molecule has 0 aliphatic carbocycles. The Bertz CT molecular complexity index is 274. The monoisotopic (exact) mass is 212 g/mol. The molecule has 0 spiro atoms. The van der Waals surface area contributed by atoms with Crippen LogP contribution in [0.5, 0.6) is 0 Å². The van der Waals surface area contributed by atoms with E-state index in [1.54, 1.807) is 7.11 Å². The van der Waals surface area contributed by atoms with Crippen LogP contribution in [0.2, 0.25) is 0 Å². The molecule has 1 unspecified atom stereocenters. The van der Waals surface area contributed by atoms with Crippen molar-refractivity contribution < 1.29 is 4.74 Å². The van der Waals surface area contributed by atoms with Crippen LogP contribution < -0.4 is 5.73 Å². The number of aryl methyl sites for hydroxylation is 1. The molecule has 1 rings (SSSR count).